The zero-order valence-electron chi connectivity index (χ0n) is 10.4. The number of hydrogen-bond acceptors (Lipinski definition) is 5. The highest BCUT2D eigenvalue weighted by Gasteiger charge is 2.39. The molecule has 0 amide bonds. The minimum Gasteiger partial charge on any atom is -0.359 e. The van der Waals surface area contributed by atoms with Crippen LogP contribution in [0.4, 0.5) is 0 Å². The van der Waals surface area contributed by atoms with Crippen molar-refractivity contribution in [2.45, 2.75) is 44.7 Å². The van der Waals surface area contributed by atoms with Gasteiger partial charge in [0, 0.05) is 5.75 Å². The van der Waals surface area contributed by atoms with Gasteiger partial charge in [0.2, 0.25) is 0 Å². The van der Waals surface area contributed by atoms with Crippen LogP contribution in [0.1, 0.15) is 33.1 Å². The minimum absolute atomic E-state index is 0.233. The molecule has 0 saturated carbocycles. The molecule has 6 heteroatoms. The third-order valence-corrected chi connectivity index (χ3v) is 6.20. The normalized spacial score (nSPS) is 36.6. The lowest BCUT2D eigenvalue weighted by molar-refractivity contribution is 0.471. The molecule has 0 aromatic rings. The van der Waals surface area contributed by atoms with Gasteiger partial charge in [-0.15, -0.1) is 0 Å². The van der Waals surface area contributed by atoms with Gasteiger partial charge in [0.15, 0.2) is 15.0 Å². The highest BCUT2D eigenvalue weighted by molar-refractivity contribution is 8.13. The van der Waals surface area contributed by atoms with Crippen molar-refractivity contribution in [2.75, 3.05) is 17.3 Å². The highest BCUT2D eigenvalue weighted by Crippen LogP contribution is 2.26. The summed E-state index contributed by atoms with van der Waals surface area (Å²) < 4.78 is 23.0. The van der Waals surface area contributed by atoms with Crippen LogP contribution in [0.3, 0.4) is 0 Å². The van der Waals surface area contributed by atoms with Crippen molar-refractivity contribution in [2.24, 2.45) is 4.99 Å². The Morgan fingerprint density at radius 2 is 2.35 bits per heavy atom. The van der Waals surface area contributed by atoms with Gasteiger partial charge in [-0.1, -0.05) is 18.7 Å². The van der Waals surface area contributed by atoms with Crippen LogP contribution in [0.2, 0.25) is 0 Å². The zero-order valence-corrected chi connectivity index (χ0v) is 12.0. The van der Waals surface area contributed by atoms with E-state index >= 15 is 0 Å². The Morgan fingerprint density at radius 1 is 1.59 bits per heavy atom. The van der Waals surface area contributed by atoms with E-state index in [1.54, 1.807) is 11.8 Å². The van der Waals surface area contributed by atoms with Gasteiger partial charge in [-0.05, 0) is 26.2 Å². The van der Waals surface area contributed by atoms with E-state index in [0.29, 0.717) is 18.2 Å². The maximum Gasteiger partial charge on any atom is 0.157 e. The number of amidine groups is 1. The summed E-state index contributed by atoms with van der Waals surface area (Å²) in [5, 5.41) is 4.28. The van der Waals surface area contributed by atoms with Crippen LogP contribution >= 0.6 is 11.8 Å². The maximum atomic E-state index is 11.5. The van der Waals surface area contributed by atoms with Crippen LogP contribution in [0, 0.1) is 0 Å². The smallest absolute Gasteiger partial charge is 0.157 e. The Balaban J connectivity index is 2.04. The van der Waals surface area contributed by atoms with Crippen LogP contribution in [0.25, 0.3) is 0 Å². The van der Waals surface area contributed by atoms with Gasteiger partial charge in [0.1, 0.15) is 0 Å². The second-order valence-corrected chi connectivity index (χ2v) is 8.43. The Labute approximate surface area is 108 Å². The second kappa shape index (κ2) is 4.80. The molecule has 4 nitrogen and oxygen atoms in total. The Bertz CT molecular complexity index is 419. The van der Waals surface area contributed by atoms with Crippen LogP contribution in [0.15, 0.2) is 4.99 Å². The van der Waals surface area contributed by atoms with Gasteiger partial charge in [0.05, 0.1) is 23.1 Å². The lowest BCUT2D eigenvalue weighted by Gasteiger charge is -2.28. The molecule has 0 bridgehead atoms. The summed E-state index contributed by atoms with van der Waals surface area (Å²) in [6.07, 6.45) is 2.87. The first-order valence-corrected chi connectivity index (χ1v) is 8.92. The molecule has 2 aliphatic rings. The van der Waals surface area contributed by atoms with Crippen LogP contribution in [-0.4, -0.2) is 42.4 Å². The average molecular weight is 276 g/mol. The van der Waals surface area contributed by atoms with Gasteiger partial charge in [0.25, 0.3) is 0 Å². The van der Waals surface area contributed by atoms with E-state index in [0.717, 1.165) is 23.8 Å². The fourth-order valence-corrected chi connectivity index (χ4v) is 5.51. The molecule has 2 unspecified atom stereocenters. The van der Waals surface area contributed by atoms with E-state index in [1.807, 2.05) is 6.92 Å². The molecule has 1 saturated heterocycles. The quantitative estimate of drug-likeness (QED) is 0.829. The molecule has 1 N–H and O–H groups in total. The fraction of sp³-hybridized carbons (Fsp3) is 0.909. The summed E-state index contributed by atoms with van der Waals surface area (Å²) in [6, 6.07) is 0.403. The van der Waals surface area contributed by atoms with Gasteiger partial charge in [-0.3, -0.25) is 4.99 Å². The van der Waals surface area contributed by atoms with Crippen LogP contribution in [-0.2, 0) is 9.84 Å². The number of nitrogens with one attached hydrogen (secondary N) is 1. The number of aliphatic imine (C=N–C) groups is 1. The predicted molar refractivity (Wildman–Crippen MR) is 73.4 cm³/mol. The molecule has 1 fully saturated rings. The summed E-state index contributed by atoms with van der Waals surface area (Å²) in [7, 11) is -2.85. The summed E-state index contributed by atoms with van der Waals surface area (Å²) in [5.74, 6) is 1.61. The zero-order chi connectivity index (χ0) is 12.5. The largest absolute Gasteiger partial charge is 0.359 e. The van der Waals surface area contributed by atoms with Gasteiger partial charge in [-0.2, -0.15) is 0 Å². The van der Waals surface area contributed by atoms with E-state index in [-0.39, 0.29) is 11.3 Å². The van der Waals surface area contributed by atoms with Crippen molar-refractivity contribution in [3.63, 3.8) is 0 Å². The first kappa shape index (κ1) is 13.2. The monoisotopic (exact) mass is 276 g/mol. The van der Waals surface area contributed by atoms with E-state index < -0.39 is 9.84 Å². The topological polar surface area (TPSA) is 58.5 Å². The standard InChI is InChI=1S/C11H20N2O2S2/c1-3-9-4-6-16-10(12-9)13-11(2)5-7-17(14,15)8-11/h9H,3-8H2,1-2H3,(H,12,13). The molecular formula is C11H20N2O2S2. The first-order chi connectivity index (χ1) is 7.92. The van der Waals surface area contributed by atoms with Crippen LogP contribution in [0.5, 0.6) is 0 Å². The Hall–Kier alpha value is -0.230. The molecule has 0 spiro atoms. The molecular weight excluding hydrogens is 256 g/mol. The molecule has 0 aromatic carbocycles. The average Bonchev–Trinajstić information content (AvgIpc) is 2.53. The van der Waals surface area contributed by atoms with Crippen molar-refractivity contribution in [1.82, 2.24) is 5.32 Å². The molecule has 98 valence electrons. The molecule has 2 rings (SSSR count). The van der Waals surface area contributed by atoms with E-state index in [9.17, 15) is 8.42 Å². The number of thioether (sulfide) groups is 1. The predicted octanol–water partition coefficient (Wildman–Crippen LogP) is 1.42. The lowest BCUT2D eigenvalue weighted by Crippen LogP contribution is -2.47. The minimum atomic E-state index is -2.85. The van der Waals surface area contributed by atoms with Crippen molar-refractivity contribution in [3.8, 4) is 0 Å². The van der Waals surface area contributed by atoms with E-state index in [4.69, 9.17) is 0 Å². The summed E-state index contributed by atoms with van der Waals surface area (Å²) in [6.45, 7) is 4.12. The first-order valence-electron chi connectivity index (χ1n) is 6.12. The van der Waals surface area contributed by atoms with Crippen LogP contribution < -0.4 is 5.32 Å². The molecule has 2 heterocycles. The summed E-state index contributed by atoms with van der Waals surface area (Å²) in [5.41, 5.74) is -0.319. The lowest BCUT2D eigenvalue weighted by atomic mass is 10.0. The van der Waals surface area contributed by atoms with E-state index in [2.05, 4.69) is 17.2 Å². The Morgan fingerprint density at radius 3 is 2.94 bits per heavy atom. The third kappa shape index (κ3) is 3.37. The summed E-state index contributed by atoms with van der Waals surface area (Å²) >= 11 is 1.71. The van der Waals surface area contributed by atoms with Gasteiger partial charge in [-0.25, -0.2) is 8.42 Å². The number of hydrogen-bond donors (Lipinski definition) is 1. The number of sulfone groups is 1. The van der Waals surface area contributed by atoms with Crippen molar-refractivity contribution in [3.05, 3.63) is 0 Å². The number of nitrogens with zero attached hydrogens (tertiary/aromatic N) is 1. The van der Waals surface area contributed by atoms with Gasteiger partial charge < -0.3 is 5.32 Å². The van der Waals surface area contributed by atoms with Crippen molar-refractivity contribution in [1.29, 1.82) is 0 Å². The Kier molecular flexibility index (Phi) is 3.73. The van der Waals surface area contributed by atoms with Gasteiger partial charge >= 0.3 is 0 Å². The third-order valence-electron chi connectivity index (χ3n) is 3.37. The maximum absolute atomic E-state index is 11.5. The SMILES string of the molecule is CCC1CCSC(NC2(C)CCS(=O)(=O)C2)=N1. The molecule has 0 radical (unpaired) electrons. The molecule has 0 aromatic heterocycles. The second-order valence-electron chi connectivity index (χ2n) is 5.16. The summed E-state index contributed by atoms with van der Waals surface area (Å²) in [4.78, 5) is 4.63. The molecule has 0 aliphatic carbocycles. The van der Waals surface area contributed by atoms with Crippen molar-refractivity contribution >= 4 is 26.8 Å². The molecule has 17 heavy (non-hydrogen) atoms. The number of rotatable bonds is 2. The highest BCUT2D eigenvalue weighted by atomic mass is 32.2. The molecule has 2 atom stereocenters. The van der Waals surface area contributed by atoms with Crippen molar-refractivity contribution < 1.29 is 8.42 Å². The van der Waals surface area contributed by atoms with E-state index in [1.165, 1.54) is 0 Å². The fourth-order valence-electron chi connectivity index (χ4n) is 2.29. The molecule has 2 aliphatic heterocycles.